The number of aryl methyl sites for hydroxylation is 2. The molecule has 6 nitrogen and oxygen atoms in total. The maximum atomic E-state index is 11.3. The first-order valence-corrected chi connectivity index (χ1v) is 4.90. The molecule has 0 saturated heterocycles. The van der Waals surface area contributed by atoms with Crippen LogP contribution in [-0.2, 0) is 16.0 Å². The second-order valence-corrected chi connectivity index (χ2v) is 3.42. The fourth-order valence-corrected chi connectivity index (χ4v) is 1.12. The van der Waals surface area contributed by atoms with Crippen molar-refractivity contribution in [1.82, 2.24) is 10.3 Å². The Labute approximate surface area is 92.7 Å². The normalized spacial score (nSPS) is 10.1. The summed E-state index contributed by atoms with van der Waals surface area (Å²) in [5, 5.41) is 10.8. The third kappa shape index (κ3) is 3.72. The highest BCUT2D eigenvalue weighted by molar-refractivity contribution is 5.78. The SMILES string of the molecule is Cc1nc(CC(=O)NCCC(=O)O)oc1C. The zero-order valence-corrected chi connectivity index (χ0v) is 9.24. The third-order valence-corrected chi connectivity index (χ3v) is 2.05. The van der Waals surface area contributed by atoms with Crippen LogP contribution in [0.3, 0.4) is 0 Å². The number of carboxylic acid groups (broad SMARTS) is 1. The molecule has 1 aromatic heterocycles. The van der Waals surface area contributed by atoms with Crippen molar-refractivity contribution in [3.8, 4) is 0 Å². The number of hydrogen-bond acceptors (Lipinski definition) is 4. The molecule has 0 aromatic carbocycles. The summed E-state index contributed by atoms with van der Waals surface area (Å²) in [6.45, 7) is 3.69. The molecule has 1 heterocycles. The molecule has 1 amide bonds. The molecule has 0 aliphatic carbocycles. The average molecular weight is 226 g/mol. The van der Waals surface area contributed by atoms with Crippen molar-refractivity contribution in [2.75, 3.05) is 6.54 Å². The van der Waals surface area contributed by atoms with E-state index in [1.165, 1.54) is 0 Å². The number of carboxylic acids is 1. The van der Waals surface area contributed by atoms with Gasteiger partial charge >= 0.3 is 5.97 Å². The number of aliphatic carboxylic acids is 1. The number of nitrogens with zero attached hydrogens (tertiary/aromatic N) is 1. The minimum absolute atomic E-state index is 0.0360. The number of rotatable bonds is 5. The van der Waals surface area contributed by atoms with Crippen molar-refractivity contribution >= 4 is 11.9 Å². The van der Waals surface area contributed by atoms with Gasteiger partial charge in [0.2, 0.25) is 11.8 Å². The lowest BCUT2D eigenvalue weighted by Crippen LogP contribution is -2.27. The van der Waals surface area contributed by atoms with Gasteiger partial charge in [-0.2, -0.15) is 0 Å². The van der Waals surface area contributed by atoms with E-state index in [2.05, 4.69) is 10.3 Å². The maximum absolute atomic E-state index is 11.3. The Hall–Kier alpha value is -1.85. The van der Waals surface area contributed by atoms with Crippen molar-refractivity contribution in [2.24, 2.45) is 0 Å². The second-order valence-electron chi connectivity index (χ2n) is 3.42. The van der Waals surface area contributed by atoms with Crippen molar-refractivity contribution in [2.45, 2.75) is 26.7 Å². The first-order chi connectivity index (χ1) is 7.49. The van der Waals surface area contributed by atoms with Gasteiger partial charge in [-0.3, -0.25) is 9.59 Å². The first kappa shape index (κ1) is 12.2. The van der Waals surface area contributed by atoms with Crippen LogP contribution < -0.4 is 5.32 Å². The lowest BCUT2D eigenvalue weighted by atomic mass is 10.3. The summed E-state index contributed by atoms with van der Waals surface area (Å²) in [5.41, 5.74) is 0.758. The molecular weight excluding hydrogens is 212 g/mol. The van der Waals surface area contributed by atoms with E-state index >= 15 is 0 Å². The van der Waals surface area contributed by atoms with Crippen LogP contribution in [0, 0.1) is 13.8 Å². The van der Waals surface area contributed by atoms with Gasteiger partial charge in [-0.1, -0.05) is 0 Å². The van der Waals surface area contributed by atoms with Crippen LogP contribution in [0.1, 0.15) is 23.8 Å². The van der Waals surface area contributed by atoms with E-state index in [-0.39, 0.29) is 25.3 Å². The number of nitrogens with one attached hydrogen (secondary N) is 1. The molecule has 2 N–H and O–H groups in total. The van der Waals surface area contributed by atoms with E-state index < -0.39 is 5.97 Å². The van der Waals surface area contributed by atoms with Gasteiger partial charge in [-0.15, -0.1) is 0 Å². The van der Waals surface area contributed by atoms with Crippen molar-refractivity contribution in [1.29, 1.82) is 0 Å². The predicted octanol–water partition coefficient (Wildman–Crippen LogP) is 0.425. The van der Waals surface area contributed by atoms with Gasteiger partial charge in [0, 0.05) is 6.54 Å². The third-order valence-electron chi connectivity index (χ3n) is 2.05. The quantitative estimate of drug-likeness (QED) is 0.759. The van der Waals surface area contributed by atoms with E-state index in [9.17, 15) is 9.59 Å². The minimum Gasteiger partial charge on any atom is -0.481 e. The summed E-state index contributed by atoms with van der Waals surface area (Å²) in [4.78, 5) is 25.6. The van der Waals surface area contributed by atoms with Gasteiger partial charge in [0.1, 0.15) is 12.2 Å². The average Bonchev–Trinajstić information content (AvgIpc) is 2.44. The molecule has 0 spiro atoms. The van der Waals surface area contributed by atoms with Gasteiger partial charge < -0.3 is 14.8 Å². The van der Waals surface area contributed by atoms with Crippen LogP contribution in [0.5, 0.6) is 0 Å². The minimum atomic E-state index is -0.942. The molecule has 0 bridgehead atoms. The van der Waals surface area contributed by atoms with E-state index in [1.54, 1.807) is 13.8 Å². The fourth-order valence-electron chi connectivity index (χ4n) is 1.12. The second kappa shape index (κ2) is 5.29. The predicted molar refractivity (Wildman–Crippen MR) is 54.9 cm³/mol. The smallest absolute Gasteiger partial charge is 0.305 e. The van der Waals surface area contributed by atoms with Crippen LogP contribution in [0.25, 0.3) is 0 Å². The molecule has 0 unspecified atom stereocenters. The molecule has 0 aliphatic heterocycles. The fraction of sp³-hybridized carbons (Fsp3) is 0.500. The first-order valence-electron chi connectivity index (χ1n) is 4.90. The van der Waals surface area contributed by atoms with Crippen molar-refractivity contribution in [3.05, 3.63) is 17.3 Å². The Balaban J connectivity index is 2.37. The van der Waals surface area contributed by atoms with Crippen LogP contribution in [0.2, 0.25) is 0 Å². The number of carbonyl (C=O) groups is 2. The highest BCUT2D eigenvalue weighted by atomic mass is 16.4. The zero-order chi connectivity index (χ0) is 12.1. The Morgan fingerprint density at radius 1 is 1.44 bits per heavy atom. The standard InChI is InChI=1S/C10H14N2O4/c1-6-7(2)16-9(12-6)5-8(13)11-4-3-10(14)15/h3-5H2,1-2H3,(H,11,13)(H,14,15). The molecule has 0 saturated carbocycles. The van der Waals surface area contributed by atoms with E-state index in [1.807, 2.05) is 0 Å². The summed E-state index contributed by atoms with van der Waals surface area (Å²) in [6.07, 6.45) is -0.0519. The van der Waals surface area contributed by atoms with Crippen LogP contribution in [0.4, 0.5) is 0 Å². The lowest BCUT2D eigenvalue weighted by Gasteiger charge is -2.00. The summed E-state index contributed by atoms with van der Waals surface area (Å²) in [7, 11) is 0. The Morgan fingerprint density at radius 2 is 2.12 bits per heavy atom. The lowest BCUT2D eigenvalue weighted by molar-refractivity contribution is -0.136. The molecule has 6 heteroatoms. The Morgan fingerprint density at radius 3 is 2.62 bits per heavy atom. The summed E-state index contributed by atoms with van der Waals surface area (Å²) in [6, 6.07) is 0. The highest BCUT2D eigenvalue weighted by Gasteiger charge is 2.10. The highest BCUT2D eigenvalue weighted by Crippen LogP contribution is 2.08. The van der Waals surface area contributed by atoms with Gasteiger partial charge in [0.05, 0.1) is 12.1 Å². The van der Waals surface area contributed by atoms with Crippen molar-refractivity contribution < 1.29 is 19.1 Å². The molecule has 0 aliphatic rings. The molecular formula is C10H14N2O4. The number of amides is 1. The summed E-state index contributed by atoms with van der Waals surface area (Å²) in [5.74, 6) is -0.193. The molecule has 88 valence electrons. The topological polar surface area (TPSA) is 92.4 Å². The molecule has 0 atom stereocenters. The Bertz CT molecular complexity index is 378. The summed E-state index contributed by atoms with van der Waals surface area (Å²) < 4.78 is 5.22. The van der Waals surface area contributed by atoms with Crippen molar-refractivity contribution in [3.63, 3.8) is 0 Å². The van der Waals surface area contributed by atoms with E-state index in [0.29, 0.717) is 11.7 Å². The maximum Gasteiger partial charge on any atom is 0.305 e. The van der Waals surface area contributed by atoms with Crippen LogP contribution in [-0.4, -0.2) is 28.5 Å². The van der Waals surface area contributed by atoms with Crippen LogP contribution >= 0.6 is 0 Å². The monoisotopic (exact) mass is 226 g/mol. The van der Waals surface area contributed by atoms with Crippen LogP contribution in [0.15, 0.2) is 4.42 Å². The molecule has 16 heavy (non-hydrogen) atoms. The van der Waals surface area contributed by atoms with E-state index in [0.717, 1.165) is 5.69 Å². The van der Waals surface area contributed by atoms with Gasteiger partial charge in [-0.05, 0) is 13.8 Å². The summed E-state index contributed by atoms with van der Waals surface area (Å²) >= 11 is 0. The zero-order valence-electron chi connectivity index (χ0n) is 9.24. The number of carbonyl (C=O) groups excluding carboxylic acids is 1. The molecule has 1 rings (SSSR count). The van der Waals surface area contributed by atoms with E-state index in [4.69, 9.17) is 9.52 Å². The number of hydrogen-bond donors (Lipinski definition) is 2. The number of aromatic nitrogens is 1. The Kier molecular flexibility index (Phi) is 4.04. The largest absolute Gasteiger partial charge is 0.481 e. The number of oxazole rings is 1. The van der Waals surface area contributed by atoms with Gasteiger partial charge in [-0.25, -0.2) is 4.98 Å². The van der Waals surface area contributed by atoms with Gasteiger partial charge in [0.15, 0.2) is 0 Å². The van der Waals surface area contributed by atoms with Gasteiger partial charge in [0.25, 0.3) is 0 Å². The molecule has 0 radical (unpaired) electrons. The molecule has 0 fully saturated rings. The molecule has 1 aromatic rings.